The molecule has 3 rings (SSSR count). The average Bonchev–Trinajstić information content (AvgIpc) is 2.82. The minimum Gasteiger partial charge on any atom is -0.312 e. The van der Waals surface area contributed by atoms with Crippen molar-refractivity contribution in [2.75, 3.05) is 19.6 Å². The summed E-state index contributed by atoms with van der Waals surface area (Å²) in [5.74, 6) is 0. The highest BCUT2D eigenvalue weighted by Crippen LogP contribution is 2.29. The number of halogens is 3. The molecule has 0 aliphatic heterocycles. The Kier molecular flexibility index (Phi) is 8.75. The van der Waals surface area contributed by atoms with E-state index in [0.29, 0.717) is 24.0 Å². The van der Waals surface area contributed by atoms with Crippen LogP contribution in [0, 0.1) is 0 Å². The van der Waals surface area contributed by atoms with Crippen LogP contribution in [0.3, 0.4) is 0 Å². The van der Waals surface area contributed by atoms with E-state index < -0.39 is 21.8 Å². The standard InChI is InChI=1S/C25H24F3N3O2S/c26-25(27,28)22-12-10-20(11-13-22)7-4-2-1-3-5-15-29-17-18-31-34(32,33)24-9-6-8-21-19-30-16-14-23(21)24/h1-14,16,19,29,31H,15,17-18H2. The molecule has 0 atom stereocenters. The van der Waals surface area contributed by atoms with Crippen LogP contribution in [0.15, 0.2) is 96.2 Å². The first kappa shape index (κ1) is 25.4. The number of hydrogen-bond donors (Lipinski definition) is 2. The van der Waals surface area contributed by atoms with Crippen LogP contribution in [0.4, 0.5) is 13.2 Å². The van der Waals surface area contributed by atoms with Crippen molar-refractivity contribution in [3.63, 3.8) is 0 Å². The highest BCUT2D eigenvalue weighted by Gasteiger charge is 2.29. The van der Waals surface area contributed by atoms with E-state index in [4.69, 9.17) is 0 Å². The Labute approximate surface area is 196 Å². The molecule has 2 aromatic carbocycles. The third kappa shape index (κ3) is 7.38. The first-order valence-electron chi connectivity index (χ1n) is 10.5. The quantitative estimate of drug-likeness (QED) is 0.314. The van der Waals surface area contributed by atoms with Crippen molar-refractivity contribution in [1.82, 2.24) is 15.0 Å². The van der Waals surface area contributed by atoms with Gasteiger partial charge in [0.2, 0.25) is 10.0 Å². The van der Waals surface area contributed by atoms with Crippen molar-refractivity contribution in [2.45, 2.75) is 11.1 Å². The molecule has 1 aromatic heterocycles. The monoisotopic (exact) mass is 487 g/mol. The van der Waals surface area contributed by atoms with Gasteiger partial charge in [-0.25, -0.2) is 13.1 Å². The number of fused-ring (bicyclic) bond motifs is 1. The number of hydrogen-bond acceptors (Lipinski definition) is 4. The number of nitrogens with one attached hydrogen (secondary N) is 2. The molecule has 0 saturated carbocycles. The fourth-order valence-electron chi connectivity index (χ4n) is 3.09. The van der Waals surface area contributed by atoms with Crippen molar-refractivity contribution in [3.05, 3.63) is 102 Å². The number of benzene rings is 2. The number of sulfonamides is 1. The van der Waals surface area contributed by atoms with E-state index in [1.807, 2.05) is 18.2 Å². The summed E-state index contributed by atoms with van der Waals surface area (Å²) >= 11 is 0. The maximum atomic E-state index is 12.6. The normalized spacial score (nSPS) is 13.0. The van der Waals surface area contributed by atoms with Crippen LogP contribution in [0.5, 0.6) is 0 Å². The third-order valence-electron chi connectivity index (χ3n) is 4.78. The largest absolute Gasteiger partial charge is 0.416 e. The molecular weight excluding hydrogens is 463 g/mol. The Balaban J connectivity index is 1.36. The highest BCUT2D eigenvalue weighted by molar-refractivity contribution is 7.89. The Morgan fingerprint density at radius 1 is 0.912 bits per heavy atom. The smallest absolute Gasteiger partial charge is 0.312 e. The lowest BCUT2D eigenvalue weighted by molar-refractivity contribution is -0.137. The van der Waals surface area contributed by atoms with Crippen LogP contribution in [-0.4, -0.2) is 33.0 Å². The summed E-state index contributed by atoms with van der Waals surface area (Å²) in [6.07, 6.45) is 9.55. The summed E-state index contributed by atoms with van der Waals surface area (Å²) in [5, 5.41) is 4.50. The molecule has 0 amide bonds. The summed E-state index contributed by atoms with van der Waals surface area (Å²) in [7, 11) is -3.64. The molecule has 0 bridgehead atoms. The van der Waals surface area contributed by atoms with Crippen LogP contribution in [-0.2, 0) is 16.2 Å². The van der Waals surface area contributed by atoms with E-state index >= 15 is 0 Å². The predicted molar refractivity (Wildman–Crippen MR) is 129 cm³/mol. The fourth-order valence-corrected chi connectivity index (χ4v) is 4.35. The van der Waals surface area contributed by atoms with Gasteiger partial charge in [0.15, 0.2) is 0 Å². The molecule has 0 saturated heterocycles. The maximum Gasteiger partial charge on any atom is 0.416 e. The van der Waals surface area contributed by atoms with Crippen molar-refractivity contribution < 1.29 is 21.6 Å². The number of aromatic nitrogens is 1. The Bertz CT molecular complexity index is 1280. The van der Waals surface area contributed by atoms with Gasteiger partial charge in [0.25, 0.3) is 0 Å². The minimum absolute atomic E-state index is 0.224. The van der Waals surface area contributed by atoms with Crippen molar-refractivity contribution in [1.29, 1.82) is 0 Å². The number of rotatable bonds is 10. The Hall–Kier alpha value is -3.27. The average molecular weight is 488 g/mol. The van der Waals surface area contributed by atoms with E-state index in [2.05, 4.69) is 15.0 Å². The van der Waals surface area contributed by atoms with Gasteiger partial charge < -0.3 is 5.32 Å². The second kappa shape index (κ2) is 11.7. The van der Waals surface area contributed by atoms with E-state index in [0.717, 1.165) is 17.5 Å². The van der Waals surface area contributed by atoms with Gasteiger partial charge in [-0.2, -0.15) is 13.2 Å². The van der Waals surface area contributed by atoms with Gasteiger partial charge in [-0.1, -0.05) is 60.7 Å². The molecule has 0 aliphatic rings. The minimum atomic E-state index is -4.33. The summed E-state index contributed by atoms with van der Waals surface area (Å²) in [6.45, 7) is 1.24. The summed E-state index contributed by atoms with van der Waals surface area (Å²) in [6, 6.07) is 11.7. The topological polar surface area (TPSA) is 71.1 Å². The second-order valence-corrected chi connectivity index (χ2v) is 8.98. The highest BCUT2D eigenvalue weighted by atomic mass is 32.2. The SMILES string of the molecule is O=S(=O)(NCCNCC=CC=CC=Cc1ccc(C(F)(F)F)cc1)c1cccc2cnccc12. The molecule has 34 heavy (non-hydrogen) atoms. The zero-order chi connectivity index (χ0) is 24.4. The molecule has 0 aliphatic carbocycles. The Morgan fingerprint density at radius 3 is 2.44 bits per heavy atom. The van der Waals surface area contributed by atoms with E-state index in [9.17, 15) is 21.6 Å². The van der Waals surface area contributed by atoms with E-state index in [1.54, 1.807) is 54.9 Å². The molecule has 1 heterocycles. The number of alkyl halides is 3. The van der Waals surface area contributed by atoms with Crippen LogP contribution < -0.4 is 10.0 Å². The van der Waals surface area contributed by atoms with Crippen molar-refractivity contribution >= 4 is 26.9 Å². The van der Waals surface area contributed by atoms with E-state index in [1.165, 1.54) is 12.1 Å². The molecule has 0 radical (unpaired) electrons. The molecule has 0 spiro atoms. The summed E-state index contributed by atoms with van der Waals surface area (Å²) in [5.41, 5.74) is 0.000418. The molecule has 3 aromatic rings. The lowest BCUT2D eigenvalue weighted by atomic mass is 10.1. The number of pyridine rings is 1. The fraction of sp³-hybridized carbons (Fsp3) is 0.160. The number of nitrogens with zero attached hydrogens (tertiary/aromatic N) is 1. The molecule has 2 N–H and O–H groups in total. The van der Waals surface area contributed by atoms with Crippen LogP contribution in [0.2, 0.25) is 0 Å². The van der Waals surface area contributed by atoms with Crippen LogP contribution >= 0.6 is 0 Å². The van der Waals surface area contributed by atoms with Gasteiger partial charge in [0.1, 0.15) is 0 Å². The summed E-state index contributed by atoms with van der Waals surface area (Å²) < 4.78 is 65.4. The van der Waals surface area contributed by atoms with Gasteiger partial charge in [-0.3, -0.25) is 4.98 Å². The zero-order valence-corrected chi connectivity index (χ0v) is 19.0. The van der Waals surface area contributed by atoms with Gasteiger partial charge in [-0.05, 0) is 29.8 Å². The number of allylic oxidation sites excluding steroid dienone is 4. The van der Waals surface area contributed by atoms with Crippen LogP contribution in [0.1, 0.15) is 11.1 Å². The van der Waals surface area contributed by atoms with Crippen molar-refractivity contribution in [2.24, 2.45) is 0 Å². The molecule has 0 fully saturated rings. The van der Waals surface area contributed by atoms with Gasteiger partial charge >= 0.3 is 6.18 Å². The van der Waals surface area contributed by atoms with Crippen LogP contribution in [0.25, 0.3) is 16.8 Å². The third-order valence-corrected chi connectivity index (χ3v) is 6.30. The first-order chi connectivity index (χ1) is 16.3. The van der Waals surface area contributed by atoms with Crippen molar-refractivity contribution in [3.8, 4) is 0 Å². The zero-order valence-electron chi connectivity index (χ0n) is 18.2. The molecule has 5 nitrogen and oxygen atoms in total. The molecule has 178 valence electrons. The molecular formula is C25H24F3N3O2S. The lowest BCUT2D eigenvalue weighted by Gasteiger charge is -2.09. The van der Waals surface area contributed by atoms with E-state index in [-0.39, 0.29) is 11.4 Å². The first-order valence-corrected chi connectivity index (χ1v) is 12.0. The molecule has 9 heteroatoms. The van der Waals surface area contributed by atoms with Gasteiger partial charge in [0, 0.05) is 42.8 Å². The summed E-state index contributed by atoms with van der Waals surface area (Å²) in [4.78, 5) is 4.24. The maximum absolute atomic E-state index is 12.6. The molecule has 0 unspecified atom stereocenters. The van der Waals surface area contributed by atoms with Gasteiger partial charge in [0.05, 0.1) is 10.5 Å². The van der Waals surface area contributed by atoms with Gasteiger partial charge in [-0.15, -0.1) is 0 Å². The Morgan fingerprint density at radius 2 is 1.68 bits per heavy atom. The predicted octanol–water partition coefficient (Wildman–Crippen LogP) is 4.95. The lowest BCUT2D eigenvalue weighted by Crippen LogP contribution is -2.32. The second-order valence-electron chi connectivity index (χ2n) is 7.25.